The van der Waals surface area contributed by atoms with Crippen LogP contribution in [0, 0.1) is 0 Å². The summed E-state index contributed by atoms with van der Waals surface area (Å²) in [4.78, 5) is 24.3. The lowest BCUT2D eigenvalue weighted by molar-refractivity contribution is -0.129. The Balaban J connectivity index is 1.77. The quantitative estimate of drug-likeness (QED) is 0.469. The Morgan fingerprint density at radius 3 is 2.50 bits per heavy atom. The van der Waals surface area contributed by atoms with Crippen molar-refractivity contribution < 1.29 is 27.5 Å². The van der Waals surface area contributed by atoms with Crippen molar-refractivity contribution in [3.63, 3.8) is 0 Å². The Hall–Kier alpha value is -2.09. The molecule has 0 aliphatic carbocycles. The summed E-state index contributed by atoms with van der Waals surface area (Å²) in [6.45, 7) is 4.25. The molecule has 0 radical (unpaired) electrons. The van der Waals surface area contributed by atoms with Crippen molar-refractivity contribution in [2.24, 2.45) is 0 Å². The average Bonchev–Trinajstić information content (AvgIpc) is 3.00. The molecule has 0 aromatic heterocycles. The molecule has 0 bridgehead atoms. The number of amides is 1. The van der Waals surface area contributed by atoms with Gasteiger partial charge in [-0.15, -0.1) is 0 Å². The summed E-state index contributed by atoms with van der Waals surface area (Å²) in [6, 6.07) is 6.16. The number of nitrogens with one attached hydrogen (secondary N) is 1. The second-order valence-corrected chi connectivity index (χ2v) is 9.32. The topological polar surface area (TPSA) is 98.8 Å². The maximum atomic E-state index is 12.2. The first-order valence-electron chi connectivity index (χ1n) is 9.75. The molecule has 1 aliphatic heterocycles. The van der Waals surface area contributed by atoms with Crippen LogP contribution in [0.3, 0.4) is 0 Å². The molecule has 1 aromatic carbocycles. The van der Waals surface area contributed by atoms with Gasteiger partial charge in [-0.1, -0.05) is 26.2 Å². The van der Waals surface area contributed by atoms with Crippen LogP contribution in [0.5, 0.6) is 5.75 Å². The molecule has 2 atom stereocenters. The normalized spacial score (nSPS) is 19.0. The standard InChI is InChI=1S/C20H29NO6S/c1-3-4-5-6-12-26-18-9-7-16(8-10-18)20(23)27-15(2)19(22)21-17-11-13-28(24,25)14-17/h7-10,15,17H,3-6,11-14H2,1-2H3,(H,21,22)/t15-,17-/m1/s1. The van der Waals surface area contributed by atoms with Crippen molar-refractivity contribution in [1.29, 1.82) is 0 Å². The maximum absolute atomic E-state index is 12.2. The first-order chi connectivity index (χ1) is 13.3. The second-order valence-electron chi connectivity index (χ2n) is 7.09. The Morgan fingerprint density at radius 2 is 1.89 bits per heavy atom. The number of rotatable bonds is 10. The van der Waals surface area contributed by atoms with Gasteiger partial charge in [0.25, 0.3) is 5.91 Å². The van der Waals surface area contributed by atoms with Gasteiger partial charge < -0.3 is 14.8 Å². The van der Waals surface area contributed by atoms with Crippen LogP contribution < -0.4 is 10.1 Å². The highest BCUT2D eigenvalue weighted by Gasteiger charge is 2.30. The molecule has 1 aliphatic rings. The van der Waals surface area contributed by atoms with Crippen LogP contribution in [-0.4, -0.2) is 50.6 Å². The highest BCUT2D eigenvalue weighted by atomic mass is 32.2. The molecule has 0 unspecified atom stereocenters. The summed E-state index contributed by atoms with van der Waals surface area (Å²) in [7, 11) is -3.08. The van der Waals surface area contributed by atoms with Crippen molar-refractivity contribution in [3.05, 3.63) is 29.8 Å². The lowest BCUT2D eigenvalue weighted by atomic mass is 10.2. The van der Waals surface area contributed by atoms with Gasteiger partial charge in [-0.25, -0.2) is 13.2 Å². The zero-order valence-corrected chi connectivity index (χ0v) is 17.3. The lowest BCUT2D eigenvalue weighted by Gasteiger charge is -2.16. The Kier molecular flexibility index (Phi) is 8.29. The van der Waals surface area contributed by atoms with E-state index in [1.807, 2.05) is 0 Å². The van der Waals surface area contributed by atoms with Gasteiger partial charge in [0.1, 0.15) is 5.75 Å². The number of ether oxygens (including phenoxy) is 2. The van der Waals surface area contributed by atoms with E-state index in [0.717, 1.165) is 12.8 Å². The summed E-state index contributed by atoms with van der Waals surface area (Å²) >= 11 is 0. The Labute approximate surface area is 166 Å². The third kappa shape index (κ3) is 7.14. The predicted molar refractivity (Wildman–Crippen MR) is 106 cm³/mol. The second kappa shape index (κ2) is 10.5. The zero-order chi connectivity index (χ0) is 20.6. The van der Waals surface area contributed by atoms with Gasteiger partial charge in [0, 0.05) is 6.04 Å². The van der Waals surface area contributed by atoms with Crippen molar-refractivity contribution in [1.82, 2.24) is 5.32 Å². The highest BCUT2D eigenvalue weighted by Crippen LogP contribution is 2.15. The molecule has 1 saturated heterocycles. The summed E-state index contributed by atoms with van der Waals surface area (Å²) in [5.74, 6) is -0.432. The Bertz CT molecular complexity index is 759. The van der Waals surface area contributed by atoms with Gasteiger partial charge in [0.05, 0.1) is 23.7 Å². The van der Waals surface area contributed by atoms with E-state index in [0.29, 0.717) is 24.3 Å². The first kappa shape index (κ1) is 22.2. The Morgan fingerprint density at radius 1 is 1.18 bits per heavy atom. The number of sulfone groups is 1. The summed E-state index contributed by atoms with van der Waals surface area (Å²) in [5.41, 5.74) is 0.321. The van der Waals surface area contributed by atoms with E-state index in [1.165, 1.54) is 19.8 Å². The van der Waals surface area contributed by atoms with Crippen LogP contribution >= 0.6 is 0 Å². The number of hydrogen-bond donors (Lipinski definition) is 1. The summed E-state index contributed by atoms with van der Waals surface area (Å²) < 4.78 is 33.7. The molecule has 1 fully saturated rings. The van der Waals surface area contributed by atoms with Gasteiger partial charge in [0.2, 0.25) is 0 Å². The van der Waals surface area contributed by atoms with Crippen molar-refractivity contribution in [2.75, 3.05) is 18.1 Å². The van der Waals surface area contributed by atoms with Gasteiger partial charge >= 0.3 is 5.97 Å². The molecule has 1 N–H and O–H groups in total. The molecular weight excluding hydrogens is 382 g/mol. The molecule has 1 heterocycles. The minimum Gasteiger partial charge on any atom is -0.494 e. The zero-order valence-electron chi connectivity index (χ0n) is 16.5. The molecule has 8 heteroatoms. The number of unbranched alkanes of at least 4 members (excludes halogenated alkanes) is 3. The number of benzene rings is 1. The fraction of sp³-hybridized carbons (Fsp3) is 0.600. The summed E-state index contributed by atoms with van der Waals surface area (Å²) in [5, 5.41) is 2.62. The number of esters is 1. The molecule has 1 amide bonds. The van der Waals surface area contributed by atoms with Gasteiger partial charge in [0.15, 0.2) is 15.9 Å². The van der Waals surface area contributed by atoms with Crippen LogP contribution in [0.25, 0.3) is 0 Å². The molecule has 0 spiro atoms. The SMILES string of the molecule is CCCCCCOc1ccc(C(=O)O[C@H](C)C(=O)N[C@@H]2CCS(=O)(=O)C2)cc1. The number of carbonyl (C=O) groups excluding carboxylic acids is 2. The van der Waals surface area contributed by atoms with Crippen molar-refractivity contribution >= 4 is 21.7 Å². The van der Waals surface area contributed by atoms with Gasteiger partial charge in [-0.3, -0.25) is 4.79 Å². The maximum Gasteiger partial charge on any atom is 0.338 e. The molecule has 156 valence electrons. The van der Waals surface area contributed by atoms with Crippen LogP contribution in [0.2, 0.25) is 0 Å². The van der Waals surface area contributed by atoms with Crippen molar-refractivity contribution in [2.45, 2.75) is 58.1 Å². The largest absolute Gasteiger partial charge is 0.494 e. The molecule has 28 heavy (non-hydrogen) atoms. The van der Waals surface area contributed by atoms with E-state index < -0.39 is 33.9 Å². The minimum absolute atomic E-state index is 0.0686. The van der Waals surface area contributed by atoms with Crippen molar-refractivity contribution in [3.8, 4) is 5.75 Å². The van der Waals surface area contributed by atoms with E-state index in [2.05, 4.69) is 12.2 Å². The van der Waals surface area contributed by atoms with Gasteiger partial charge in [-0.2, -0.15) is 0 Å². The van der Waals surface area contributed by atoms with E-state index in [9.17, 15) is 18.0 Å². The number of carbonyl (C=O) groups is 2. The van der Waals surface area contributed by atoms with Gasteiger partial charge in [-0.05, 0) is 44.0 Å². The molecule has 0 saturated carbocycles. The fourth-order valence-corrected chi connectivity index (χ4v) is 4.59. The third-order valence-corrected chi connectivity index (χ3v) is 6.36. The molecule has 1 aromatic rings. The first-order valence-corrected chi connectivity index (χ1v) is 11.6. The summed E-state index contributed by atoms with van der Waals surface area (Å²) in [6.07, 6.45) is 3.86. The average molecular weight is 412 g/mol. The van der Waals surface area contributed by atoms with Crippen LogP contribution in [0.4, 0.5) is 0 Å². The van der Waals surface area contributed by atoms with Crippen LogP contribution in [0.1, 0.15) is 56.3 Å². The van der Waals surface area contributed by atoms with E-state index in [4.69, 9.17) is 9.47 Å². The number of hydrogen-bond acceptors (Lipinski definition) is 6. The fourth-order valence-electron chi connectivity index (χ4n) is 2.92. The lowest BCUT2D eigenvalue weighted by Crippen LogP contribution is -2.42. The van der Waals surface area contributed by atoms with E-state index in [1.54, 1.807) is 24.3 Å². The third-order valence-electron chi connectivity index (χ3n) is 4.59. The van der Waals surface area contributed by atoms with E-state index >= 15 is 0 Å². The van der Waals surface area contributed by atoms with Crippen LogP contribution in [0.15, 0.2) is 24.3 Å². The predicted octanol–water partition coefficient (Wildman–Crippen LogP) is 2.49. The van der Waals surface area contributed by atoms with E-state index in [-0.39, 0.29) is 11.5 Å². The van der Waals surface area contributed by atoms with Crippen LogP contribution in [-0.2, 0) is 19.4 Å². The minimum atomic E-state index is -3.08. The molecule has 2 rings (SSSR count). The molecular formula is C20H29NO6S. The highest BCUT2D eigenvalue weighted by molar-refractivity contribution is 7.91. The monoisotopic (exact) mass is 411 g/mol. The molecule has 7 nitrogen and oxygen atoms in total. The smallest absolute Gasteiger partial charge is 0.338 e.